The molecule has 0 spiro atoms. The van der Waals surface area contributed by atoms with Crippen molar-refractivity contribution in [2.45, 2.75) is 32.4 Å². The highest BCUT2D eigenvalue weighted by atomic mass is 19.1. The van der Waals surface area contributed by atoms with Crippen molar-refractivity contribution in [2.75, 3.05) is 17.2 Å². The van der Waals surface area contributed by atoms with Crippen LogP contribution in [0.2, 0.25) is 0 Å². The number of carbonyl (C=O) groups excluding carboxylic acids is 1. The van der Waals surface area contributed by atoms with Gasteiger partial charge in [0.15, 0.2) is 0 Å². The minimum absolute atomic E-state index is 0.0995. The van der Waals surface area contributed by atoms with Crippen molar-refractivity contribution in [1.29, 1.82) is 0 Å². The highest BCUT2D eigenvalue weighted by molar-refractivity contribution is 5.88. The molecule has 0 bridgehead atoms. The van der Waals surface area contributed by atoms with Crippen LogP contribution in [0.25, 0.3) is 11.3 Å². The zero-order valence-corrected chi connectivity index (χ0v) is 13.8. The molecule has 126 valence electrons. The van der Waals surface area contributed by atoms with Crippen molar-refractivity contribution >= 4 is 17.4 Å². The first-order valence-electron chi connectivity index (χ1n) is 8.06. The highest BCUT2D eigenvalue weighted by Gasteiger charge is 2.40. The third-order valence-corrected chi connectivity index (χ3v) is 4.17. The van der Waals surface area contributed by atoms with Gasteiger partial charge in [0.2, 0.25) is 5.91 Å². The summed E-state index contributed by atoms with van der Waals surface area (Å²) in [6.45, 7) is 3.84. The molecule has 1 aromatic heterocycles. The lowest BCUT2D eigenvalue weighted by Gasteiger charge is -2.38. The minimum atomic E-state index is -0.995. The van der Waals surface area contributed by atoms with Crippen LogP contribution in [0, 0.1) is 5.92 Å². The zero-order chi connectivity index (χ0) is 17.2. The maximum absolute atomic E-state index is 13.4. The molecule has 5 nitrogen and oxygen atoms in total. The molecule has 1 fully saturated rings. The van der Waals surface area contributed by atoms with E-state index < -0.39 is 5.67 Å². The van der Waals surface area contributed by atoms with E-state index in [1.165, 1.54) is 6.92 Å². The largest absolute Gasteiger partial charge is 0.368 e. The van der Waals surface area contributed by atoms with E-state index in [1.807, 2.05) is 36.4 Å². The molecule has 6 heteroatoms. The Morgan fingerprint density at radius 2 is 1.92 bits per heavy atom. The fraction of sp³-hybridized carbons (Fsp3) is 0.389. The average molecular weight is 328 g/mol. The van der Waals surface area contributed by atoms with Crippen molar-refractivity contribution < 1.29 is 9.18 Å². The average Bonchev–Trinajstić information content (AvgIpc) is 2.51. The van der Waals surface area contributed by atoms with E-state index in [2.05, 4.69) is 20.8 Å². The van der Waals surface area contributed by atoms with Gasteiger partial charge in [-0.3, -0.25) is 4.79 Å². The Hall–Kier alpha value is -2.50. The van der Waals surface area contributed by atoms with Gasteiger partial charge >= 0.3 is 0 Å². The molecule has 2 N–H and O–H groups in total. The zero-order valence-electron chi connectivity index (χ0n) is 13.8. The Labute approximate surface area is 140 Å². The number of anilines is 2. The molecule has 24 heavy (non-hydrogen) atoms. The van der Waals surface area contributed by atoms with Crippen LogP contribution in [0.5, 0.6) is 0 Å². The molecule has 1 saturated carbocycles. The number of hydrogen-bond donors (Lipinski definition) is 2. The molecule has 1 aromatic carbocycles. The van der Waals surface area contributed by atoms with Crippen LogP contribution in [0.3, 0.4) is 0 Å². The summed E-state index contributed by atoms with van der Waals surface area (Å²) in [5, 5.41) is 14.3. The first kappa shape index (κ1) is 16.4. The predicted octanol–water partition coefficient (Wildman–Crippen LogP) is 3.65. The molecular formula is C18H21FN4O. The molecule has 0 unspecified atom stereocenters. The number of halogens is 1. The van der Waals surface area contributed by atoms with Crippen molar-refractivity contribution in [2.24, 2.45) is 5.92 Å². The standard InChI is InChI=1S/C18H21FN4O/c1-12(24)21-15-5-3-14(4-6-15)16-7-8-17(23-22-16)20-11-13-9-18(2,19)10-13/h3-8,13H,9-11H2,1-2H3,(H,20,23)(H,21,24). The van der Waals surface area contributed by atoms with Crippen LogP contribution < -0.4 is 10.6 Å². The summed E-state index contributed by atoms with van der Waals surface area (Å²) >= 11 is 0. The summed E-state index contributed by atoms with van der Waals surface area (Å²) in [6.07, 6.45) is 1.21. The summed E-state index contributed by atoms with van der Waals surface area (Å²) < 4.78 is 13.4. The van der Waals surface area contributed by atoms with Crippen LogP contribution in [-0.4, -0.2) is 28.3 Å². The van der Waals surface area contributed by atoms with Crippen molar-refractivity contribution in [3.05, 3.63) is 36.4 Å². The van der Waals surface area contributed by atoms with Gasteiger partial charge in [0.1, 0.15) is 11.5 Å². The monoisotopic (exact) mass is 328 g/mol. The Kier molecular flexibility index (Phi) is 4.46. The van der Waals surface area contributed by atoms with Crippen molar-refractivity contribution in [3.63, 3.8) is 0 Å². The van der Waals surface area contributed by atoms with E-state index in [0.29, 0.717) is 24.6 Å². The number of nitrogens with zero attached hydrogens (tertiary/aromatic N) is 2. The Morgan fingerprint density at radius 1 is 1.21 bits per heavy atom. The van der Waals surface area contributed by atoms with E-state index in [0.717, 1.165) is 23.5 Å². The molecule has 3 rings (SSSR count). The van der Waals surface area contributed by atoms with E-state index in [9.17, 15) is 9.18 Å². The minimum Gasteiger partial charge on any atom is -0.368 e. The molecule has 1 heterocycles. The van der Waals surface area contributed by atoms with Crippen LogP contribution in [-0.2, 0) is 4.79 Å². The molecule has 0 aliphatic heterocycles. The number of rotatable bonds is 5. The van der Waals surface area contributed by atoms with Gasteiger partial charge in [0.05, 0.1) is 5.69 Å². The van der Waals surface area contributed by atoms with Gasteiger partial charge in [-0.05, 0) is 49.9 Å². The van der Waals surface area contributed by atoms with E-state index >= 15 is 0 Å². The summed E-state index contributed by atoms with van der Waals surface area (Å²) in [5.74, 6) is 0.960. The SMILES string of the molecule is CC(=O)Nc1ccc(-c2ccc(NCC3CC(C)(F)C3)nn2)cc1. The summed E-state index contributed by atoms with van der Waals surface area (Å²) in [6, 6.07) is 11.2. The first-order chi connectivity index (χ1) is 11.4. The second-order valence-electron chi connectivity index (χ2n) is 6.63. The fourth-order valence-electron chi connectivity index (χ4n) is 3.05. The van der Waals surface area contributed by atoms with E-state index in [1.54, 1.807) is 6.92 Å². The molecule has 1 amide bonds. The number of nitrogens with one attached hydrogen (secondary N) is 2. The van der Waals surface area contributed by atoms with Crippen LogP contribution in [0.15, 0.2) is 36.4 Å². The topological polar surface area (TPSA) is 66.9 Å². The summed E-state index contributed by atoms with van der Waals surface area (Å²) in [5.41, 5.74) is 1.44. The highest BCUT2D eigenvalue weighted by Crippen LogP contribution is 2.40. The smallest absolute Gasteiger partial charge is 0.221 e. The van der Waals surface area contributed by atoms with Gasteiger partial charge in [0, 0.05) is 24.7 Å². The molecular weight excluding hydrogens is 307 g/mol. The molecule has 0 radical (unpaired) electrons. The number of amides is 1. The van der Waals surface area contributed by atoms with E-state index in [-0.39, 0.29) is 5.91 Å². The molecule has 2 aromatic rings. The fourth-order valence-corrected chi connectivity index (χ4v) is 3.05. The molecule has 0 atom stereocenters. The Morgan fingerprint density at radius 3 is 2.46 bits per heavy atom. The number of carbonyl (C=O) groups is 1. The first-order valence-corrected chi connectivity index (χ1v) is 8.06. The lowest BCUT2D eigenvalue weighted by molar-refractivity contribution is -0.114. The maximum atomic E-state index is 13.4. The molecule has 0 saturated heterocycles. The second kappa shape index (κ2) is 6.55. The third-order valence-electron chi connectivity index (χ3n) is 4.17. The third kappa shape index (κ3) is 4.07. The van der Waals surface area contributed by atoms with Crippen LogP contribution in [0.4, 0.5) is 15.9 Å². The number of hydrogen-bond acceptors (Lipinski definition) is 4. The van der Waals surface area contributed by atoms with Crippen LogP contribution in [0.1, 0.15) is 26.7 Å². The Bertz CT molecular complexity index is 705. The second-order valence-corrected chi connectivity index (χ2v) is 6.63. The normalized spacial score (nSPS) is 22.5. The maximum Gasteiger partial charge on any atom is 0.221 e. The quantitative estimate of drug-likeness (QED) is 0.879. The summed E-state index contributed by atoms with van der Waals surface area (Å²) in [7, 11) is 0. The van der Waals surface area contributed by atoms with Gasteiger partial charge in [-0.2, -0.15) is 0 Å². The van der Waals surface area contributed by atoms with Gasteiger partial charge in [-0.1, -0.05) is 12.1 Å². The number of aromatic nitrogens is 2. The lowest BCUT2D eigenvalue weighted by Crippen LogP contribution is -2.40. The Balaban J connectivity index is 1.57. The number of benzene rings is 1. The van der Waals surface area contributed by atoms with Crippen molar-refractivity contribution in [3.8, 4) is 11.3 Å². The van der Waals surface area contributed by atoms with Gasteiger partial charge in [-0.15, -0.1) is 10.2 Å². The summed E-state index contributed by atoms with van der Waals surface area (Å²) in [4.78, 5) is 11.0. The number of alkyl halides is 1. The molecule has 1 aliphatic carbocycles. The molecule has 1 aliphatic rings. The van der Waals surface area contributed by atoms with Gasteiger partial charge in [-0.25, -0.2) is 4.39 Å². The van der Waals surface area contributed by atoms with Gasteiger partial charge < -0.3 is 10.6 Å². The predicted molar refractivity (Wildman–Crippen MR) is 92.5 cm³/mol. The van der Waals surface area contributed by atoms with Gasteiger partial charge in [0.25, 0.3) is 0 Å². The van der Waals surface area contributed by atoms with Crippen molar-refractivity contribution in [1.82, 2.24) is 10.2 Å². The van der Waals surface area contributed by atoms with Crippen LogP contribution >= 0.6 is 0 Å². The van der Waals surface area contributed by atoms with E-state index in [4.69, 9.17) is 0 Å². The lowest BCUT2D eigenvalue weighted by atomic mass is 9.73.